The maximum atomic E-state index is 6.44. The molecule has 0 spiro atoms. The Morgan fingerprint density at radius 3 is 0.392 bits per heavy atom. The van der Waals surface area contributed by atoms with E-state index in [9.17, 15) is 0 Å². The van der Waals surface area contributed by atoms with Gasteiger partial charge >= 0.3 is 0 Å². The van der Waals surface area contributed by atoms with Gasteiger partial charge in [-0.1, -0.05) is 315 Å². The highest BCUT2D eigenvalue weighted by Crippen LogP contribution is 2.50. The summed E-state index contributed by atoms with van der Waals surface area (Å²) in [6, 6.07) is 208. The Morgan fingerprint density at radius 1 is 0.0946 bits per heavy atom. The number of fused-ring (bicyclic) bond motifs is 9. The third kappa shape index (κ3) is 17.8. The summed E-state index contributed by atoms with van der Waals surface area (Å²) in [5.74, 6) is 0. The minimum atomic E-state index is 0.896. The summed E-state index contributed by atoms with van der Waals surface area (Å²) in [5, 5.41) is 6.75. The summed E-state index contributed by atoms with van der Waals surface area (Å²) >= 11 is 0. The van der Waals surface area contributed by atoms with Crippen LogP contribution < -0.4 is 34.3 Å². The largest absolute Gasteiger partial charge is 0.455 e. The van der Waals surface area contributed by atoms with Crippen molar-refractivity contribution in [2.45, 2.75) is 0 Å². The number of rotatable bonds is 25. The molecule has 3 heterocycles. The van der Waals surface area contributed by atoms with E-state index < -0.39 is 0 Å². The van der Waals surface area contributed by atoms with E-state index in [1.54, 1.807) is 0 Å². The van der Waals surface area contributed by atoms with Crippen molar-refractivity contribution < 1.29 is 13.3 Å². The Labute approximate surface area is 859 Å². The van der Waals surface area contributed by atoms with E-state index in [1.807, 2.05) is 36.4 Å². The summed E-state index contributed by atoms with van der Waals surface area (Å²) in [6.07, 6.45) is 0. The molecule has 10 heteroatoms. The molecule has 3 aromatic heterocycles. The van der Waals surface area contributed by atoms with E-state index in [-0.39, 0.29) is 0 Å². The van der Waals surface area contributed by atoms with Crippen molar-refractivity contribution in [1.29, 1.82) is 0 Å². The second kappa shape index (κ2) is 40.2. The second-order valence-corrected chi connectivity index (χ2v) is 36.7. The first kappa shape index (κ1) is 89.4. The molecule has 0 atom stereocenters. The van der Waals surface area contributed by atoms with E-state index in [2.05, 4.69) is 586 Å². The fourth-order valence-corrected chi connectivity index (χ4v) is 20.6. The lowest BCUT2D eigenvalue weighted by Crippen LogP contribution is -2.13. The van der Waals surface area contributed by atoms with Crippen LogP contribution in [-0.4, -0.2) is 0 Å². The van der Waals surface area contributed by atoms with Crippen molar-refractivity contribution in [2.24, 2.45) is 0 Å². The van der Waals surface area contributed by atoms with Crippen LogP contribution in [0.5, 0.6) is 0 Å². The van der Waals surface area contributed by atoms with Gasteiger partial charge in [-0.25, -0.2) is 0 Å². The van der Waals surface area contributed by atoms with Gasteiger partial charge in [-0.15, -0.1) is 0 Å². The van der Waals surface area contributed by atoms with Crippen molar-refractivity contribution in [3.05, 3.63) is 588 Å². The SMILES string of the molecule is c1ccc(N(c2ccc(-c3ccc(N(c4ccccc4)c4ccc(N(c5ccccc5)c5ccc(-c6cccc7c6oc6ccccc67)cc5)cc4)cc3)cc2)c2ccc(N(c3ccccc3)c3ccc(-c4cccc5c4oc4ccccc45)cc3)cc2)cc1.c1ccc(N(c2ccccc2)c2ccc(N(c3ccc(-c4cccc5c4oc4ccccc45)cc3)c3ccc(N(c4ccccc4)c4ccccc4)cc3)cc2)cc1. The fraction of sp³-hybridized carbons (Fsp3) is 0. The summed E-state index contributed by atoms with van der Waals surface area (Å²) in [4.78, 5) is 16.2. The first-order valence-corrected chi connectivity index (χ1v) is 50.1. The molecule has 0 saturated carbocycles. The molecule has 10 nitrogen and oxygen atoms in total. The molecule has 702 valence electrons. The molecule has 0 N–H and O–H groups in total. The van der Waals surface area contributed by atoms with Crippen molar-refractivity contribution in [2.75, 3.05) is 34.3 Å². The first-order valence-electron chi connectivity index (χ1n) is 50.1. The molecule has 26 rings (SSSR count). The second-order valence-electron chi connectivity index (χ2n) is 36.7. The van der Waals surface area contributed by atoms with E-state index in [0.29, 0.717) is 0 Å². The topological polar surface area (TPSA) is 62.1 Å². The van der Waals surface area contributed by atoms with Crippen LogP contribution in [0, 0.1) is 0 Å². The van der Waals surface area contributed by atoms with Gasteiger partial charge in [0.25, 0.3) is 0 Å². The molecule has 23 aromatic carbocycles. The van der Waals surface area contributed by atoms with Gasteiger partial charge in [0.15, 0.2) is 0 Å². The molecular weight excluding hydrogens is 1800 g/mol. The van der Waals surface area contributed by atoms with E-state index >= 15 is 0 Å². The summed E-state index contributed by atoms with van der Waals surface area (Å²) in [7, 11) is 0. The van der Waals surface area contributed by atoms with Crippen LogP contribution in [0.3, 0.4) is 0 Å². The summed E-state index contributed by atoms with van der Waals surface area (Å²) in [5.41, 5.74) is 36.6. The third-order valence-electron chi connectivity index (χ3n) is 27.7. The molecule has 0 aliphatic carbocycles. The highest BCUT2D eigenvalue weighted by Gasteiger charge is 2.26. The molecule has 0 unspecified atom stereocenters. The Bertz CT molecular complexity index is 8540. The molecule has 0 amide bonds. The quantitative estimate of drug-likeness (QED) is 0.0553. The Morgan fingerprint density at radius 2 is 0.223 bits per heavy atom. The highest BCUT2D eigenvalue weighted by molar-refractivity contribution is 6.12. The predicted molar refractivity (Wildman–Crippen MR) is 619 cm³/mol. The van der Waals surface area contributed by atoms with Gasteiger partial charge in [0, 0.05) is 168 Å². The van der Waals surface area contributed by atoms with Gasteiger partial charge in [-0.05, 0) is 301 Å². The minimum absolute atomic E-state index is 0.896. The molecule has 0 fully saturated rings. The zero-order valence-electron chi connectivity index (χ0n) is 80.9. The number of anilines is 21. The van der Waals surface area contributed by atoms with Crippen molar-refractivity contribution in [3.8, 4) is 44.5 Å². The number of benzene rings is 23. The van der Waals surface area contributed by atoms with Gasteiger partial charge in [-0.2, -0.15) is 0 Å². The van der Waals surface area contributed by atoms with Gasteiger partial charge in [0.05, 0.1) is 0 Å². The van der Waals surface area contributed by atoms with Gasteiger partial charge in [0.1, 0.15) is 33.5 Å². The first-order chi connectivity index (χ1) is 73.4. The van der Waals surface area contributed by atoms with E-state index in [4.69, 9.17) is 13.3 Å². The third-order valence-corrected chi connectivity index (χ3v) is 27.7. The van der Waals surface area contributed by atoms with Gasteiger partial charge in [0.2, 0.25) is 0 Å². The zero-order valence-corrected chi connectivity index (χ0v) is 80.9. The molecule has 0 radical (unpaired) electrons. The lowest BCUT2D eigenvalue weighted by atomic mass is 10.0. The molecule has 148 heavy (non-hydrogen) atoms. The van der Waals surface area contributed by atoms with Crippen LogP contribution >= 0.6 is 0 Å². The minimum Gasteiger partial charge on any atom is -0.455 e. The van der Waals surface area contributed by atoms with Crippen LogP contribution in [0.1, 0.15) is 0 Å². The number of hydrogen-bond donors (Lipinski definition) is 0. The maximum absolute atomic E-state index is 6.44. The van der Waals surface area contributed by atoms with Crippen LogP contribution in [0.4, 0.5) is 119 Å². The monoisotopic (exact) mass is 1900 g/mol. The van der Waals surface area contributed by atoms with Crippen molar-refractivity contribution in [1.82, 2.24) is 0 Å². The standard InChI is InChI=1S/C84H58N4O2.C54H39N3O/c1-5-19-63(20-6-1)85(71-51-55-73(56-52-71)87(65-23-9-3-10-24-65)69-47-39-61(40-48-69)75-29-17-31-79-77-27-13-15-33-81(77)89-83(75)79)67-43-35-59(36-44-67)60-37-45-68(46-38-60)86(64-21-7-2-8-22-64)72-53-57-74(58-54-72)88(66-25-11-4-12-26-66)70-49-41-62(42-50-70)76-30-18-32-80-78-28-14-16-34-82(78)90-84(76)80;1-5-16-41(17-6-1)55(42-18-7-2-8-19-42)46-32-36-48(37-33-46)57(49-38-34-47(35-39-49)56(43-20-9-3-10-21-43)44-22-11-4-12-23-44)45-30-28-40(29-31-45)50-25-15-26-52-51-24-13-14-27-53(51)58-54(50)52/h1-58H;1-39H. The lowest BCUT2D eigenvalue weighted by molar-refractivity contribution is 0.669. The normalized spacial score (nSPS) is 11.2. The number of nitrogens with zero attached hydrogens (tertiary/aromatic N) is 7. The Kier molecular flexibility index (Phi) is 24.3. The van der Waals surface area contributed by atoms with Crippen molar-refractivity contribution >= 4 is 185 Å². The van der Waals surface area contributed by atoms with Crippen LogP contribution in [0.25, 0.3) is 110 Å². The summed E-state index contributed by atoms with van der Waals surface area (Å²) < 4.78 is 19.3. The number of furan rings is 3. The van der Waals surface area contributed by atoms with Gasteiger partial charge in [-0.3, -0.25) is 0 Å². The summed E-state index contributed by atoms with van der Waals surface area (Å²) in [6.45, 7) is 0. The van der Waals surface area contributed by atoms with Crippen LogP contribution in [0.15, 0.2) is 602 Å². The Balaban J connectivity index is 0.000000169. The zero-order chi connectivity index (χ0) is 98.4. The highest BCUT2D eigenvalue weighted by atomic mass is 16.3. The number of para-hydroxylation sites is 14. The van der Waals surface area contributed by atoms with E-state index in [0.717, 1.165) is 230 Å². The predicted octanol–water partition coefficient (Wildman–Crippen LogP) is 40.0. The lowest BCUT2D eigenvalue weighted by Gasteiger charge is -2.29. The van der Waals surface area contributed by atoms with Gasteiger partial charge < -0.3 is 47.6 Å². The number of hydrogen-bond acceptors (Lipinski definition) is 10. The fourth-order valence-electron chi connectivity index (χ4n) is 20.6. The molecule has 0 bridgehead atoms. The molecule has 0 aliphatic heterocycles. The molecule has 0 saturated heterocycles. The Hall–Kier alpha value is -19.9. The average Bonchev–Trinajstić information content (AvgIpc) is 1.63. The smallest absolute Gasteiger partial charge is 0.143 e. The molecule has 26 aromatic rings. The van der Waals surface area contributed by atoms with E-state index in [1.165, 1.54) is 0 Å². The van der Waals surface area contributed by atoms with Crippen LogP contribution in [-0.2, 0) is 0 Å². The van der Waals surface area contributed by atoms with Crippen molar-refractivity contribution in [3.63, 3.8) is 0 Å². The van der Waals surface area contributed by atoms with Crippen LogP contribution in [0.2, 0.25) is 0 Å². The molecular formula is C138H97N7O3. The molecule has 0 aliphatic rings. The average molecular weight is 1900 g/mol. The maximum Gasteiger partial charge on any atom is 0.143 e.